The van der Waals surface area contributed by atoms with Gasteiger partial charge in [0.15, 0.2) is 5.82 Å². The van der Waals surface area contributed by atoms with E-state index in [9.17, 15) is 4.79 Å². The first-order valence-corrected chi connectivity index (χ1v) is 8.33. The van der Waals surface area contributed by atoms with Gasteiger partial charge >= 0.3 is 6.09 Å². The van der Waals surface area contributed by atoms with Gasteiger partial charge in [-0.05, 0) is 38.5 Å². The molecule has 1 aromatic carbocycles. The quantitative estimate of drug-likeness (QED) is 0.835. The third-order valence-corrected chi connectivity index (χ3v) is 4.01. The average molecular weight is 349 g/mol. The average Bonchev–Trinajstić information content (AvgIpc) is 2.90. The van der Waals surface area contributed by atoms with Gasteiger partial charge < -0.3 is 9.30 Å². The number of carbonyl (C=O) groups excluding carboxylic acids is 1. The molecule has 1 aliphatic rings. The fraction of sp³-hybridized carbons (Fsp3) is 0.471. The van der Waals surface area contributed by atoms with Crippen molar-refractivity contribution in [2.75, 3.05) is 6.54 Å². The topological polar surface area (TPSA) is 60.2 Å². The van der Waals surface area contributed by atoms with Crippen LogP contribution in [-0.4, -0.2) is 37.9 Å². The molecule has 0 N–H and O–H groups in total. The predicted molar refractivity (Wildman–Crippen MR) is 90.9 cm³/mol. The molecule has 2 aromatic rings. The first kappa shape index (κ1) is 16.8. The van der Waals surface area contributed by atoms with Gasteiger partial charge in [-0.15, -0.1) is 10.2 Å². The maximum absolute atomic E-state index is 12.2. The van der Waals surface area contributed by atoms with Crippen molar-refractivity contribution in [3.05, 3.63) is 46.5 Å². The van der Waals surface area contributed by atoms with Crippen molar-refractivity contribution in [1.29, 1.82) is 0 Å². The zero-order valence-corrected chi connectivity index (χ0v) is 14.9. The maximum atomic E-state index is 12.2. The number of hydrogen-bond acceptors (Lipinski definition) is 4. The highest BCUT2D eigenvalue weighted by Crippen LogP contribution is 2.19. The summed E-state index contributed by atoms with van der Waals surface area (Å²) in [6, 6.07) is 7.71. The van der Waals surface area contributed by atoms with Crippen LogP contribution in [0.15, 0.2) is 24.3 Å². The molecule has 0 aliphatic carbocycles. The fourth-order valence-electron chi connectivity index (χ4n) is 2.62. The lowest BCUT2D eigenvalue weighted by molar-refractivity contribution is 0.0194. The van der Waals surface area contributed by atoms with Gasteiger partial charge in [0, 0.05) is 24.5 Å². The number of fused-ring (bicyclic) bond motifs is 1. The normalized spacial score (nSPS) is 14.4. The van der Waals surface area contributed by atoms with Gasteiger partial charge in [0.1, 0.15) is 11.4 Å². The van der Waals surface area contributed by atoms with Crippen LogP contribution in [0.4, 0.5) is 4.79 Å². The Bertz CT molecular complexity index is 734. The Kier molecular flexibility index (Phi) is 4.49. The van der Waals surface area contributed by atoms with Crippen molar-refractivity contribution in [1.82, 2.24) is 19.7 Å². The van der Waals surface area contributed by atoms with Crippen LogP contribution in [0.5, 0.6) is 0 Å². The van der Waals surface area contributed by atoms with Crippen LogP contribution in [0.1, 0.15) is 38.0 Å². The van der Waals surface area contributed by atoms with E-state index in [1.54, 1.807) is 4.90 Å². The molecule has 0 fully saturated rings. The summed E-state index contributed by atoms with van der Waals surface area (Å²) in [5, 5.41) is 9.24. The van der Waals surface area contributed by atoms with Gasteiger partial charge in [0.25, 0.3) is 0 Å². The molecule has 6 nitrogen and oxygen atoms in total. The zero-order chi connectivity index (χ0) is 17.3. The van der Waals surface area contributed by atoms with E-state index in [0.29, 0.717) is 26.1 Å². The number of nitrogens with zero attached hydrogens (tertiary/aromatic N) is 4. The van der Waals surface area contributed by atoms with Crippen LogP contribution in [-0.2, 0) is 24.2 Å². The van der Waals surface area contributed by atoms with Gasteiger partial charge in [-0.3, -0.25) is 4.90 Å². The molecule has 0 radical (unpaired) electrons. The summed E-state index contributed by atoms with van der Waals surface area (Å²) < 4.78 is 7.50. The molecular weight excluding hydrogens is 328 g/mol. The van der Waals surface area contributed by atoms with Gasteiger partial charge in [-0.2, -0.15) is 0 Å². The third-order valence-electron chi connectivity index (χ3n) is 3.76. The van der Waals surface area contributed by atoms with Gasteiger partial charge in [0.05, 0.1) is 6.54 Å². The maximum Gasteiger partial charge on any atom is 0.410 e. The van der Waals surface area contributed by atoms with Crippen molar-refractivity contribution >= 4 is 17.7 Å². The van der Waals surface area contributed by atoms with E-state index >= 15 is 0 Å². The molecule has 24 heavy (non-hydrogen) atoms. The van der Waals surface area contributed by atoms with E-state index in [2.05, 4.69) is 14.8 Å². The van der Waals surface area contributed by atoms with Crippen LogP contribution in [0, 0.1) is 0 Å². The summed E-state index contributed by atoms with van der Waals surface area (Å²) in [7, 11) is 0. The molecule has 1 aromatic heterocycles. The van der Waals surface area contributed by atoms with Crippen molar-refractivity contribution in [2.45, 2.75) is 45.9 Å². The molecule has 2 heterocycles. The number of halogens is 1. The Hall–Kier alpha value is -2.08. The van der Waals surface area contributed by atoms with Crippen LogP contribution < -0.4 is 0 Å². The molecule has 0 bridgehead atoms. The zero-order valence-electron chi connectivity index (χ0n) is 14.1. The number of amides is 1. The minimum atomic E-state index is -0.498. The molecule has 1 aliphatic heterocycles. The Balaban J connectivity index is 1.70. The molecule has 0 saturated heterocycles. The van der Waals surface area contributed by atoms with Crippen LogP contribution in [0.3, 0.4) is 0 Å². The largest absolute Gasteiger partial charge is 0.444 e. The Morgan fingerprint density at radius 1 is 1.21 bits per heavy atom. The summed E-state index contributed by atoms with van der Waals surface area (Å²) in [5.74, 6) is 1.69. The second kappa shape index (κ2) is 6.43. The van der Waals surface area contributed by atoms with E-state index in [0.717, 1.165) is 22.2 Å². The Labute approximate surface area is 146 Å². The Morgan fingerprint density at radius 3 is 2.58 bits per heavy atom. The minimum Gasteiger partial charge on any atom is -0.444 e. The lowest BCUT2D eigenvalue weighted by Gasteiger charge is -2.30. The number of carbonyl (C=O) groups is 1. The molecule has 0 unspecified atom stereocenters. The summed E-state index contributed by atoms with van der Waals surface area (Å²) >= 11 is 5.92. The second-order valence-electron chi connectivity index (χ2n) is 6.89. The van der Waals surface area contributed by atoms with Crippen molar-refractivity contribution < 1.29 is 9.53 Å². The number of aromatic nitrogens is 3. The highest BCUT2D eigenvalue weighted by Gasteiger charge is 2.28. The van der Waals surface area contributed by atoms with Crippen molar-refractivity contribution in [3.8, 4) is 0 Å². The summed E-state index contributed by atoms with van der Waals surface area (Å²) in [6.45, 7) is 7.27. The van der Waals surface area contributed by atoms with Crippen LogP contribution in [0.2, 0.25) is 5.02 Å². The smallest absolute Gasteiger partial charge is 0.410 e. The lowest BCUT2D eigenvalue weighted by Crippen LogP contribution is -2.41. The van der Waals surface area contributed by atoms with Gasteiger partial charge in [0.2, 0.25) is 0 Å². The SMILES string of the molecule is CC(C)(C)OC(=O)N1CCn2c(Cc3ccc(Cl)cc3)nnc2C1. The molecule has 128 valence electrons. The molecule has 1 amide bonds. The van der Waals surface area contributed by atoms with Gasteiger partial charge in [-0.25, -0.2) is 4.79 Å². The molecular formula is C17H21ClN4O2. The first-order chi connectivity index (χ1) is 11.3. The molecule has 0 saturated carbocycles. The number of benzene rings is 1. The Morgan fingerprint density at radius 2 is 1.92 bits per heavy atom. The monoisotopic (exact) mass is 348 g/mol. The summed E-state index contributed by atoms with van der Waals surface area (Å²) in [5.41, 5.74) is 0.631. The highest BCUT2D eigenvalue weighted by atomic mass is 35.5. The molecule has 0 atom stereocenters. The van der Waals surface area contributed by atoms with Crippen molar-refractivity contribution in [3.63, 3.8) is 0 Å². The van der Waals surface area contributed by atoms with E-state index in [4.69, 9.17) is 16.3 Å². The van der Waals surface area contributed by atoms with E-state index in [1.165, 1.54) is 0 Å². The summed E-state index contributed by atoms with van der Waals surface area (Å²) in [6.07, 6.45) is 0.382. The van der Waals surface area contributed by atoms with Crippen LogP contribution in [0.25, 0.3) is 0 Å². The van der Waals surface area contributed by atoms with Gasteiger partial charge in [-0.1, -0.05) is 23.7 Å². The predicted octanol–water partition coefficient (Wildman–Crippen LogP) is 3.27. The number of rotatable bonds is 2. The van der Waals surface area contributed by atoms with Crippen LogP contribution >= 0.6 is 11.6 Å². The minimum absolute atomic E-state index is 0.309. The molecule has 0 spiro atoms. The van der Waals surface area contributed by atoms with E-state index in [1.807, 2.05) is 45.0 Å². The number of hydrogen-bond donors (Lipinski definition) is 0. The highest BCUT2D eigenvalue weighted by molar-refractivity contribution is 6.30. The standard InChI is InChI=1S/C17H21ClN4O2/c1-17(2,3)24-16(23)21-8-9-22-14(19-20-15(22)11-21)10-12-4-6-13(18)7-5-12/h4-7H,8-11H2,1-3H3. The lowest BCUT2D eigenvalue weighted by atomic mass is 10.1. The van der Waals surface area contributed by atoms with E-state index in [-0.39, 0.29) is 6.09 Å². The third kappa shape index (κ3) is 3.87. The second-order valence-corrected chi connectivity index (χ2v) is 7.33. The van der Waals surface area contributed by atoms with Crippen molar-refractivity contribution in [2.24, 2.45) is 0 Å². The number of ether oxygens (including phenoxy) is 1. The molecule has 7 heteroatoms. The summed E-state index contributed by atoms with van der Waals surface area (Å²) in [4.78, 5) is 13.9. The molecule has 3 rings (SSSR count). The van der Waals surface area contributed by atoms with E-state index < -0.39 is 5.60 Å². The first-order valence-electron chi connectivity index (χ1n) is 7.95. The fourth-order valence-corrected chi connectivity index (χ4v) is 2.74.